The monoisotopic (exact) mass is 212 g/mol. The van der Waals surface area contributed by atoms with Crippen LogP contribution in [0.5, 0.6) is 0 Å². The number of amides is 1. The minimum atomic E-state index is -0.327. The molecule has 1 amide bonds. The molecule has 0 radical (unpaired) electrons. The second-order valence-electron chi connectivity index (χ2n) is 5.34. The van der Waals surface area contributed by atoms with Gasteiger partial charge in [-0.05, 0) is 24.7 Å². The van der Waals surface area contributed by atoms with E-state index in [1.54, 1.807) is 0 Å². The summed E-state index contributed by atoms with van der Waals surface area (Å²) < 4.78 is 0. The normalized spacial score (nSPS) is 26.3. The number of hydrogen-bond donors (Lipinski definition) is 2. The maximum atomic E-state index is 11.7. The van der Waals surface area contributed by atoms with Gasteiger partial charge in [0.05, 0.1) is 6.04 Å². The molecule has 0 aliphatic heterocycles. The molecule has 88 valence electrons. The van der Waals surface area contributed by atoms with Crippen molar-refractivity contribution in [2.24, 2.45) is 11.1 Å². The number of nitrogens with one attached hydrogen (secondary N) is 1. The fourth-order valence-corrected chi connectivity index (χ4v) is 2.32. The molecule has 3 nitrogen and oxygen atoms in total. The molecule has 15 heavy (non-hydrogen) atoms. The van der Waals surface area contributed by atoms with Crippen molar-refractivity contribution in [2.75, 3.05) is 0 Å². The van der Waals surface area contributed by atoms with Crippen LogP contribution in [-0.2, 0) is 4.79 Å². The first-order valence-corrected chi connectivity index (χ1v) is 6.03. The molecule has 1 unspecified atom stereocenters. The number of rotatable bonds is 4. The van der Waals surface area contributed by atoms with Crippen molar-refractivity contribution < 1.29 is 4.79 Å². The quantitative estimate of drug-likeness (QED) is 0.746. The molecule has 1 saturated carbocycles. The molecule has 0 aromatic heterocycles. The Balaban J connectivity index is 2.44. The van der Waals surface area contributed by atoms with Crippen molar-refractivity contribution >= 4 is 5.91 Å². The summed E-state index contributed by atoms with van der Waals surface area (Å²) in [5, 5.41) is 3.09. The Morgan fingerprint density at radius 1 is 1.60 bits per heavy atom. The maximum absolute atomic E-state index is 11.7. The van der Waals surface area contributed by atoms with Crippen molar-refractivity contribution in [3.05, 3.63) is 0 Å². The summed E-state index contributed by atoms with van der Waals surface area (Å²) in [5.41, 5.74) is 6.02. The van der Waals surface area contributed by atoms with Crippen molar-refractivity contribution in [3.8, 4) is 0 Å². The average molecular weight is 212 g/mol. The molecule has 0 spiro atoms. The van der Waals surface area contributed by atoms with Gasteiger partial charge >= 0.3 is 0 Å². The Bertz CT molecular complexity index is 226. The molecule has 0 heterocycles. The van der Waals surface area contributed by atoms with Crippen LogP contribution in [0.2, 0.25) is 0 Å². The fourth-order valence-electron chi connectivity index (χ4n) is 2.32. The summed E-state index contributed by atoms with van der Waals surface area (Å²) in [5.74, 6) is 0.0248. The minimum Gasteiger partial charge on any atom is -0.351 e. The maximum Gasteiger partial charge on any atom is 0.237 e. The Morgan fingerprint density at radius 3 is 2.73 bits per heavy atom. The van der Waals surface area contributed by atoms with Gasteiger partial charge in [-0.25, -0.2) is 0 Å². The predicted molar refractivity (Wildman–Crippen MR) is 62.4 cm³/mol. The molecule has 1 aliphatic rings. The van der Waals surface area contributed by atoms with Gasteiger partial charge in [-0.3, -0.25) is 4.79 Å². The van der Waals surface area contributed by atoms with Crippen LogP contribution in [0.4, 0.5) is 0 Å². The summed E-state index contributed by atoms with van der Waals surface area (Å²) in [7, 11) is 0. The van der Waals surface area contributed by atoms with Gasteiger partial charge in [-0.15, -0.1) is 0 Å². The van der Waals surface area contributed by atoms with Gasteiger partial charge in [0.25, 0.3) is 0 Å². The molecular formula is C12H24N2O. The van der Waals surface area contributed by atoms with Gasteiger partial charge in [0.2, 0.25) is 5.91 Å². The number of carbonyl (C=O) groups excluding carboxylic acids is 1. The minimum absolute atomic E-state index is 0.0248. The Morgan fingerprint density at radius 2 is 2.27 bits per heavy atom. The molecule has 0 saturated heterocycles. The van der Waals surface area contributed by atoms with Crippen LogP contribution < -0.4 is 11.1 Å². The average Bonchev–Trinajstić information content (AvgIpc) is 2.46. The van der Waals surface area contributed by atoms with Crippen molar-refractivity contribution in [2.45, 2.75) is 65.0 Å². The van der Waals surface area contributed by atoms with E-state index in [0.717, 1.165) is 19.3 Å². The highest BCUT2D eigenvalue weighted by Gasteiger charge is 2.35. The van der Waals surface area contributed by atoms with Crippen LogP contribution in [0.1, 0.15) is 52.9 Å². The van der Waals surface area contributed by atoms with E-state index >= 15 is 0 Å². The van der Waals surface area contributed by atoms with E-state index in [4.69, 9.17) is 5.73 Å². The lowest BCUT2D eigenvalue weighted by molar-refractivity contribution is -0.123. The van der Waals surface area contributed by atoms with Gasteiger partial charge in [-0.2, -0.15) is 0 Å². The molecule has 0 aromatic carbocycles. The van der Waals surface area contributed by atoms with Gasteiger partial charge in [0.1, 0.15) is 0 Å². The van der Waals surface area contributed by atoms with E-state index in [1.807, 2.05) is 6.92 Å². The van der Waals surface area contributed by atoms with Gasteiger partial charge < -0.3 is 11.1 Å². The Kier molecular flexibility index (Phi) is 4.14. The third-order valence-corrected chi connectivity index (χ3v) is 3.51. The number of nitrogens with two attached hydrogens (primary N) is 1. The first-order chi connectivity index (χ1) is 6.97. The van der Waals surface area contributed by atoms with Crippen molar-refractivity contribution in [3.63, 3.8) is 0 Å². The highest BCUT2D eigenvalue weighted by atomic mass is 16.2. The molecule has 1 rings (SSSR count). The Hall–Kier alpha value is -0.570. The van der Waals surface area contributed by atoms with E-state index in [-0.39, 0.29) is 17.4 Å². The first kappa shape index (κ1) is 12.5. The van der Waals surface area contributed by atoms with Crippen LogP contribution in [-0.4, -0.2) is 18.0 Å². The van der Waals surface area contributed by atoms with Crippen LogP contribution >= 0.6 is 0 Å². The molecule has 0 aromatic rings. The zero-order chi connectivity index (χ0) is 11.5. The van der Waals surface area contributed by atoms with Crippen LogP contribution in [0.3, 0.4) is 0 Å². The molecule has 1 aliphatic carbocycles. The molecule has 1 fully saturated rings. The van der Waals surface area contributed by atoms with Crippen LogP contribution in [0.15, 0.2) is 0 Å². The first-order valence-electron chi connectivity index (χ1n) is 6.03. The summed E-state index contributed by atoms with van der Waals surface area (Å²) in [6, 6.07) is -0.0145. The standard InChI is InChI=1S/C12H24N2O/c1-4-6-9(13)11(15)14-10-7-5-8-12(10,2)3/h9-10H,4-8,13H2,1-3H3,(H,14,15)/t9-,10?/m0/s1. The molecular weight excluding hydrogens is 188 g/mol. The Labute approximate surface area is 92.8 Å². The van der Waals surface area contributed by atoms with E-state index in [9.17, 15) is 4.79 Å². The zero-order valence-electron chi connectivity index (χ0n) is 10.2. The lowest BCUT2D eigenvalue weighted by Gasteiger charge is -2.28. The third-order valence-electron chi connectivity index (χ3n) is 3.51. The fraction of sp³-hybridized carbons (Fsp3) is 0.917. The summed E-state index contributed by atoms with van der Waals surface area (Å²) >= 11 is 0. The molecule has 3 N–H and O–H groups in total. The van der Waals surface area contributed by atoms with E-state index in [0.29, 0.717) is 6.04 Å². The SMILES string of the molecule is CCC[C@H](N)C(=O)NC1CCCC1(C)C. The highest BCUT2D eigenvalue weighted by molar-refractivity contribution is 5.81. The molecule has 2 atom stereocenters. The predicted octanol–water partition coefficient (Wildman–Crippen LogP) is 1.81. The highest BCUT2D eigenvalue weighted by Crippen LogP contribution is 2.37. The summed E-state index contributed by atoms with van der Waals surface area (Å²) in [4.78, 5) is 11.7. The van der Waals surface area contributed by atoms with E-state index < -0.39 is 0 Å². The zero-order valence-corrected chi connectivity index (χ0v) is 10.2. The number of hydrogen-bond acceptors (Lipinski definition) is 2. The van der Waals surface area contributed by atoms with Crippen molar-refractivity contribution in [1.82, 2.24) is 5.32 Å². The summed E-state index contributed by atoms with van der Waals surface area (Å²) in [6.45, 7) is 6.49. The largest absolute Gasteiger partial charge is 0.351 e. The lowest BCUT2D eigenvalue weighted by atomic mass is 9.87. The molecule has 3 heteroatoms. The number of carbonyl (C=O) groups is 1. The van der Waals surface area contributed by atoms with Gasteiger partial charge in [-0.1, -0.05) is 33.6 Å². The van der Waals surface area contributed by atoms with E-state index in [2.05, 4.69) is 19.2 Å². The molecule has 0 bridgehead atoms. The second-order valence-corrected chi connectivity index (χ2v) is 5.34. The van der Waals surface area contributed by atoms with Crippen LogP contribution in [0.25, 0.3) is 0 Å². The van der Waals surface area contributed by atoms with E-state index in [1.165, 1.54) is 12.8 Å². The summed E-state index contributed by atoms with van der Waals surface area (Å²) in [6.07, 6.45) is 5.24. The lowest BCUT2D eigenvalue weighted by Crippen LogP contribution is -2.48. The van der Waals surface area contributed by atoms with Gasteiger partial charge in [0.15, 0.2) is 0 Å². The topological polar surface area (TPSA) is 55.1 Å². The van der Waals surface area contributed by atoms with Crippen LogP contribution in [0, 0.1) is 5.41 Å². The van der Waals surface area contributed by atoms with Gasteiger partial charge in [0, 0.05) is 6.04 Å². The second kappa shape index (κ2) is 4.97. The van der Waals surface area contributed by atoms with Crippen molar-refractivity contribution in [1.29, 1.82) is 0 Å². The third kappa shape index (κ3) is 3.20. The smallest absolute Gasteiger partial charge is 0.237 e.